The molecule has 1 aromatic heterocycles. The van der Waals surface area contributed by atoms with Crippen LogP contribution in [0.15, 0.2) is 12.4 Å². The van der Waals surface area contributed by atoms with Crippen LogP contribution < -0.4 is 0 Å². The molecule has 1 heterocycles. The minimum Gasteiger partial charge on any atom is -0.235 e. The van der Waals surface area contributed by atoms with Crippen molar-refractivity contribution in [1.29, 1.82) is 0 Å². The average molecular weight is 197 g/mol. The van der Waals surface area contributed by atoms with E-state index < -0.39 is 17.8 Å². The standard InChI is InChI=1S/C6H2F5N2/c7-5(8,6(9,10)11)4-1-2-12-3-13-4/h1,3H. The molecule has 1 radical (unpaired) electrons. The van der Waals surface area contributed by atoms with Gasteiger partial charge in [-0.2, -0.15) is 22.0 Å². The fourth-order valence-electron chi connectivity index (χ4n) is 0.577. The molecule has 2 nitrogen and oxygen atoms in total. The third-order valence-electron chi connectivity index (χ3n) is 1.21. The molecule has 7 heteroatoms. The Hall–Kier alpha value is -1.27. The maximum Gasteiger partial charge on any atom is 0.459 e. The van der Waals surface area contributed by atoms with E-state index in [0.29, 0.717) is 12.4 Å². The summed E-state index contributed by atoms with van der Waals surface area (Å²) in [4.78, 5) is 5.91. The second-order valence-electron chi connectivity index (χ2n) is 2.10. The van der Waals surface area contributed by atoms with Crippen molar-refractivity contribution in [2.45, 2.75) is 12.1 Å². The summed E-state index contributed by atoms with van der Waals surface area (Å²) in [6.07, 6.45) is -3.22. The van der Waals surface area contributed by atoms with Gasteiger partial charge in [-0.05, 0) is 6.07 Å². The molecule has 0 aliphatic rings. The van der Waals surface area contributed by atoms with Gasteiger partial charge in [0.2, 0.25) is 0 Å². The molecule has 0 spiro atoms. The molecule has 1 rings (SSSR count). The molecule has 0 N–H and O–H groups in total. The normalized spacial score (nSPS) is 13.0. The summed E-state index contributed by atoms with van der Waals surface area (Å²) in [5.74, 6) is -4.95. The molecule has 0 fully saturated rings. The predicted molar refractivity (Wildman–Crippen MR) is 30.8 cm³/mol. The van der Waals surface area contributed by atoms with E-state index in [-0.39, 0.29) is 0 Å². The van der Waals surface area contributed by atoms with Crippen LogP contribution in [0.4, 0.5) is 22.0 Å². The van der Waals surface area contributed by atoms with Crippen molar-refractivity contribution in [2.75, 3.05) is 0 Å². The molecule has 0 saturated heterocycles. The minimum atomic E-state index is -5.64. The van der Waals surface area contributed by atoms with Crippen molar-refractivity contribution in [3.63, 3.8) is 0 Å². The summed E-state index contributed by atoms with van der Waals surface area (Å²) in [5, 5.41) is 0. The quantitative estimate of drug-likeness (QED) is 0.643. The van der Waals surface area contributed by atoms with Crippen molar-refractivity contribution in [3.05, 3.63) is 24.3 Å². The molecule has 0 atom stereocenters. The van der Waals surface area contributed by atoms with Gasteiger partial charge in [-0.1, -0.05) is 0 Å². The Morgan fingerprint density at radius 1 is 1.15 bits per heavy atom. The molecule has 0 aromatic carbocycles. The Morgan fingerprint density at radius 2 is 1.77 bits per heavy atom. The first-order valence-corrected chi connectivity index (χ1v) is 2.99. The molecule has 71 valence electrons. The predicted octanol–water partition coefficient (Wildman–Crippen LogP) is 1.93. The lowest BCUT2D eigenvalue weighted by Gasteiger charge is -2.17. The van der Waals surface area contributed by atoms with Gasteiger partial charge in [0.05, 0.1) is 6.20 Å². The van der Waals surface area contributed by atoms with Gasteiger partial charge in [-0.25, -0.2) is 9.97 Å². The van der Waals surface area contributed by atoms with Crippen LogP contribution in [0.25, 0.3) is 0 Å². The van der Waals surface area contributed by atoms with E-state index in [4.69, 9.17) is 0 Å². The number of nitrogens with zero attached hydrogens (tertiary/aromatic N) is 2. The monoisotopic (exact) mass is 197 g/mol. The summed E-state index contributed by atoms with van der Waals surface area (Å²) in [6.45, 7) is 0. The highest BCUT2D eigenvalue weighted by molar-refractivity contribution is 5.07. The summed E-state index contributed by atoms with van der Waals surface area (Å²) in [6, 6.07) is 0.396. The van der Waals surface area contributed by atoms with E-state index >= 15 is 0 Å². The van der Waals surface area contributed by atoms with Crippen LogP contribution in [-0.4, -0.2) is 16.1 Å². The molecule has 1 aromatic rings. The Bertz CT molecular complexity index is 281. The van der Waals surface area contributed by atoms with Crippen LogP contribution in [0, 0.1) is 6.20 Å². The third-order valence-corrected chi connectivity index (χ3v) is 1.21. The third kappa shape index (κ3) is 1.73. The Balaban J connectivity index is 3.08. The van der Waals surface area contributed by atoms with E-state index in [2.05, 4.69) is 9.97 Å². The van der Waals surface area contributed by atoms with E-state index in [1.807, 2.05) is 6.20 Å². The van der Waals surface area contributed by atoms with E-state index in [0.717, 1.165) is 0 Å². The van der Waals surface area contributed by atoms with Crippen LogP contribution >= 0.6 is 0 Å². The molecule has 0 saturated carbocycles. The highest BCUT2D eigenvalue weighted by atomic mass is 19.4. The van der Waals surface area contributed by atoms with Gasteiger partial charge in [0.25, 0.3) is 0 Å². The first kappa shape index (κ1) is 9.82. The zero-order valence-electron chi connectivity index (χ0n) is 5.94. The van der Waals surface area contributed by atoms with E-state index in [9.17, 15) is 22.0 Å². The highest BCUT2D eigenvalue weighted by Crippen LogP contribution is 2.42. The highest BCUT2D eigenvalue weighted by Gasteiger charge is 2.59. The maximum atomic E-state index is 12.4. The number of aromatic nitrogens is 2. The number of halogens is 5. The molecular weight excluding hydrogens is 195 g/mol. The summed E-state index contributed by atoms with van der Waals surface area (Å²) in [5.41, 5.74) is -1.41. The maximum absolute atomic E-state index is 12.4. The SMILES string of the molecule is FC(F)(F)C(F)(F)c1c[c]ncn1. The topological polar surface area (TPSA) is 25.8 Å². The first-order chi connectivity index (χ1) is 5.86. The minimum absolute atomic E-state index is 0.396. The second kappa shape index (κ2) is 2.90. The Morgan fingerprint density at radius 3 is 2.15 bits per heavy atom. The molecule has 0 amide bonds. The molecular formula is C6H2F5N2. The van der Waals surface area contributed by atoms with Gasteiger partial charge in [0.1, 0.15) is 12.0 Å². The lowest BCUT2D eigenvalue weighted by Crippen LogP contribution is -2.34. The molecule has 13 heavy (non-hydrogen) atoms. The Kier molecular flexibility index (Phi) is 2.19. The smallest absolute Gasteiger partial charge is 0.235 e. The van der Waals surface area contributed by atoms with Gasteiger partial charge < -0.3 is 0 Å². The van der Waals surface area contributed by atoms with Crippen LogP contribution in [0.2, 0.25) is 0 Å². The number of hydrogen-bond acceptors (Lipinski definition) is 2. The van der Waals surface area contributed by atoms with E-state index in [1.54, 1.807) is 0 Å². The van der Waals surface area contributed by atoms with Crippen LogP contribution in [0.3, 0.4) is 0 Å². The van der Waals surface area contributed by atoms with Crippen molar-refractivity contribution in [2.24, 2.45) is 0 Å². The largest absolute Gasteiger partial charge is 0.459 e. The average Bonchev–Trinajstić information content (AvgIpc) is 2.04. The molecule has 0 aliphatic heterocycles. The van der Waals surface area contributed by atoms with Gasteiger partial charge in [0.15, 0.2) is 0 Å². The number of alkyl halides is 5. The fraction of sp³-hybridized carbons (Fsp3) is 0.333. The van der Waals surface area contributed by atoms with Crippen molar-refractivity contribution in [1.82, 2.24) is 9.97 Å². The van der Waals surface area contributed by atoms with Crippen molar-refractivity contribution in [3.8, 4) is 0 Å². The lowest BCUT2D eigenvalue weighted by molar-refractivity contribution is -0.291. The van der Waals surface area contributed by atoms with Gasteiger partial charge in [-0.15, -0.1) is 0 Å². The molecule has 0 aliphatic carbocycles. The van der Waals surface area contributed by atoms with E-state index in [1.165, 1.54) is 0 Å². The molecule has 0 unspecified atom stereocenters. The van der Waals surface area contributed by atoms with Crippen molar-refractivity contribution >= 4 is 0 Å². The number of rotatable bonds is 1. The number of hydrogen-bond donors (Lipinski definition) is 0. The van der Waals surface area contributed by atoms with Crippen LogP contribution in [0.5, 0.6) is 0 Å². The van der Waals surface area contributed by atoms with Crippen LogP contribution in [-0.2, 0) is 5.92 Å². The Labute approximate surface area is 69.4 Å². The van der Waals surface area contributed by atoms with Crippen LogP contribution in [0.1, 0.15) is 5.69 Å². The zero-order chi connectivity index (χ0) is 10.1. The van der Waals surface area contributed by atoms with Gasteiger partial charge >= 0.3 is 12.1 Å². The zero-order valence-corrected chi connectivity index (χ0v) is 5.94. The summed E-state index contributed by atoms with van der Waals surface area (Å²) < 4.78 is 59.9. The lowest BCUT2D eigenvalue weighted by atomic mass is 10.2. The second-order valence-corrected chi connectivity index (χ2v) is 2.10. The fourth-order valence-corrected chi connectivity index (χ4v) is 0.577. The van der Waals surface area contributed by atoms with Crippen molar-refractivity contribution < 1.29 is 22.0 Å². The van der Waals surface area contributed by atoms with Gasteiger partial charge in [-0.3, -0.25) is 0 Å². The molecule has 0 bridgehead atoms. The summed E-state index contributed by atoms with van der Waals surface area (Å²) in [7, 11) is 0. The summed E-state index contributed by atoms with van der Waals surface area (Å²) >= 11 is 0. The van der Waals surface area contributed by atoms with Gasteiger partial charge in [0, 0.05) is 0 Å². The first-order valence-electron chi connectivity index (χ1n) is 2.99.